The van der Waals surface area contributed by atoms with E-state index in [0.717, 1.165) is 62.1 Å². The molecule has 4 nitrogen and oxygen atoms in total. The first kappa shape index (κ1) is 23.6. The quantitative estimate of drug-likeness (QED) is 0.225. The number of aliphatic imine (C=N–C) groups is 2. The number of hydrogen-bond acceptors (Lipinski definition) is 3. The van der Waals surface area contributed by atoms with Gasteiger partial charge in [0.2, 0.25) is 0 Å². The first-order chi connectivity index (χ1) is 20.3. The van der Waals surface area contributed by atoms with Gasteiger partial charge in [0.25, 0.3) is 0 Å². The molecule has 3 heterocycles. The summed E-state index contributed by atoms with van der Waals surface area (Å²) < 4.78 is 8.72. The van der Waals surface area contributed by atoms with Crippen molar-refractivity contribution in [1.29, 1.82) is 0 Å². The number of allylic oxidation sites excluding steroid dienone is 1. The largest absolute Gasteiger partial charge is 0.456 e. The second kappa shape index (κ2) is 9.46. The van der Waals surface area contributed by atoms with Gasteiger partial charge in [-0.1, -0.05) is 104 Å². The van der Waals surface area contributed by atoms with Crippen molar-refractivity contribution in [3.05, 3.63) is 139 Å². The van der Waals surface area contributed by atoms with Gasteiger partial charge in [0.1, 0.15) is 17.0 Å². The zero-order valence-corrected chi connectivity index (χ0v) is 22.7. The van der Waals surface area contributed by atoms with Crippen LogP contribution in [0.3, 0.4) is 0 Å². The molecule has 1 atom stereocenters. The zero-order chi connectivity index (χ0) is 27.3. The molecule has 1 unspecified atom stereocenters. The minimum absolute atomic E-state index is 0.0302. The second-order valence-electron chi connectivity index (χ2n) is 10.5. The highest BCUT2D eigenvalue weighted by Crippen LogP contribution is 2.40. The fraction of sp³-hybridized carbons (Fsp3) is 0.0811. The lowest BCUT2D eigenvalue weighted by atomic mass is 10.0. The Balaban J connectivity index is 1.50. The Kier molecular flexibility index (Phi) is 5.46. The smallest absolute Gasteiger partial charge is 0.161 e. The van der Waals surface area contributed by atoms with Crippen molar-refractivity contribution in [2.45, 2.75) is 13.3 Å². The lowest BCUT2D eigenvalue weighted by Gasteiger charge is -2.18. The molecule has 0 saturated carbocycles. The number of hydrogen-bond donors (Lipinski definition) is 0. The van der Waals surface area contributed by atoms with Crippen molar-refractivity contribution in [3.63, 3.8) is 0 Å². The molecule has 0 fully saturated rings. The van der Waals surface area contributed by atoms with Gasteiger partial charge >= 0.3 is 0 Å². The van der Waals surface area contributed by atoms with Gasteiger partial charge in [-0.2, -0.15) is 0 Å². The third-order valence-corrected chi connectivity index (χ3v) is 8.08. The average molecular weight is 530 g/mol. The summed E-state index contributed by atoms with van der Waals surface area (Å²) in [5.41, 5.74) is 7.03. The third-order valence-electron chi connectivity index (χ3n) is 8.08. The van der Waals surface area contributed by atoms with Gasteiger partial charge in [-0.15, -0.1) is 0 Å². The fourth-order valence-corrected chi connectivity index (χ4v) is 6.14. The lowest BCUT2D eigenvalue weighted by Crippen LogP contribution is -2.22. The highest BCUT2D eigenvalue weighted by Gasteiger charge is 2.26. The molecule has 196 valence electrons. The Morgan fingerprint density at radius 1 is 0.634 bits per heavy atom. The van der Waals surface area contributed by atoms with Gasteiger partial charge in [0.15, 0.2) is 5.84 Å². The van der Waals surface area contributed by atoms with Crippen LogP contribution in [0.2, 0.25) is 0 Å². The van der Waals surface area contributed by atoms with Crippen LogP contribution in [0, 0.1) is 5.92 Å². The van der Waals surface area contributed by atoms with Crippen LogP contribution in [0.4, 0.5) is 0 Å². The molecule has 0 aliphatic carbocycles. The SMILES string of the molecule is CCC1C=C(c2ccccc2)N=C(c2ccccc2)N=C1n1c2ccccc2c2ccc3oc4ccccc4c3c21. The van der Waals surface area contributed by atoms with Gasteiger partial charge in [-0.25, -0.2) is 9.98 Å². The maximum absolute atomic E-state index is 6.35. The van der Waals surface area contributed by atoms with E-state index in [1.807, 2.05) is 36.4 Å². The van der Waals surface area contributed by atoms with Crippen molar-refractivity contribution < 1.29 is 4.42 Å². The molecule has 2 aromatic heterocycles. The summed E-state index contributed by atoms with van der Waals surface area (Å²) in [5.74, 6) is 1.70. The van der Waals surface area contributed by atoms with Gasteiger partial charge in [-0.05, 0) is 42.3 Å². The maximum atomic E-state index is 6.35. The van der Waals surface area contributed by atoms with E-state index in [1.54, 1.807) is 0 Å². The topological polar surface area (TPSA) is 42.8 Å². The predicted molar refractivity (Wildman–Crippen MR) is 171 cm³/mol. The Bertz CT molecular complexity index is 2180. The molecule has 8 rings (SSSR count). The lowest BCUT2D eigenvalue weighted by molar-refractivity contribution is 0.669. The summed E-state index contributed by atoms with van der Waals surface area (Å²) in [6.07, 6.45) is 3.17. The number of para-hydroxylation sites is 2. The molecule has 0 N–H and O–H groups in total. The van der Waals surface area contributed by atoms with Crippen molar-refractivity contribution in [1.82, 2.24) is 4.57 Å². The Morgan fingerprint density at radius 3 is 2.10 bits per heavy atom. The molecule has 1 aliphatic heterocycles. The summed E-state index contributed by atoms with van der Waals surface area (Å²) in [6.45, 7) is 2.23. The van der Waals surface area contributed by atoms with Crippen LogP contribution >= 0.6 is 0 Å². The monoisotopic (exact) mass is 529 g/mol. The molecular weight excluding hydrogens is 502 g/mol. The highest BCUT2D eigenvalue weighted by molar-refractivity contribution is 6.27. The van der Waals surface area contributed by atoms with E-state index in [2.05, 4.69) is 102 Å². The van der Waals surface area contributed by atoms with Gasteiger partial charge < -0.3 is 4.42 Å². The number of aromatic nitrogens is 1. The molecule has 1 aliphatic rings. The van der Waals surface area contributed by atoms with Crippen LogP contribution in [-0.4, -0.2) is 16.2 Å². The summed E-state index contributed by atoms with van der Waals surface area (Å²) in [5, 5.41) is 4.60. The first-order valence-corrected chi connectivity index (χ1v) is 14.1. The van der Waals surface area contributed by atoms with Crippen LogP contribution < -0.4 is 0 Å². The normalized spacial score (nSPS) is 15.7. The summed E-state index contributed by atoms with van der Waals surface area (Å²) in [6, 6.07) is 41.9. The predicted octanol–water partition coefficient (Wildman–Crippen LogP) is 9.47. The standard InChI is InChI=1S/C37H27N3O/c1-2-24-23-30(25-13-5-3-6-14-25)38-36(26-15-7-4-8-16-26)39-37(24)40-31-19-11-9-17-27(31)28-21-22-33-34(35(28)40)29-18-10-12-20-32(29)41-33/h3-24H,2H2,1H3. The molecular formula is C37H27N3O. The highest BCUT2D eigenvalue weighted by atomic mass is 16.3. The number of fused-ring (bicyclic) bond motifs is 7. The minimum atomic E-state index is 0.0302. The maximum Gasteiger partial charge on any atom is 0.161 e. The Hall–Kier alpha value is -5.22. The van der Waals surface area contributed by atoms with Crippen molar-refractivity contribution >= 4 is 61.1 Å². The van der Waals surface area contributed by atoms with Crippen molar-refractivity contribution in [2.24, 2.45) is 15.9 Å². The number of furan rings is 1. The zero-order valence-electron chi connectivity index (χ0n) is 22.7. The summed E-state index contributed by atoms with van der Waals surface area (Å²) in [4.78, 5) is 10.6. The van der Waals surface area contributed by atoms with E-state index in [1.165, 1.54) is 10.8 Å². The summed E-state index contributed by atoms with van der Waals surface area (Å²) >= 11 is 0. The van der Waals surface area contributed by atoms with Crippen LogP contribution in [0.15, 0.2) is 142 Å². The number of nitrogens with zero attached hydrogens (tertiary/aromatic N) is 3. The Morgan fingerprint density at radius 2 is 1.32 bits per heavy atom. The van der Waals surface area contributed by atoms with Crippen molar-refractivity contribution in [2.75, 3.05) is 0 Å². The number of benzene rings is 5. The van der Waals surface area contributed by atoms with Crippen LogP contribution in [-0.2, 0) is 0 Å². The first-order valence-electron chi connectivity index (χ1n) is 14.1. The molecule has 0 radical (unpaired) electrons. The molecule has 5 aromatic carbocycles. The van der Waals surface area contributed by atoms with Crippen LogP contribution in [0.25, 0.3) is 49.4 Å². The van der Waals surface area contributed by atoms with E-state index in [4.69, 9.17) is 14.4 Å². The van der Waals surface area contributed by atoms with Gasteiger partial charge in [0.05, 0.1) is 22.1 Å². The van der Waals surface area contributed by atoms with E-state index in [9.17, 15) is 0 Å². The molecule has 0 amide bonds. The van der Waals surface area contributed by atoms with E-state index in [-0.39, 0.29) is 5.92 Å². The molecule has 0 spiro atoms. The average Bonchev–Trinajstić information content (AvgIpc) is 3.50. The molecule has 7 aromatic rings. The van der Waals surface area contributed by atoms with Crippen LogP contribution in [0.5, 0.6) is 0 Å². The minimum Gasteiger partial charge on any atom is -0.456 e. The molecule has 0 saturated heterocycles. The van der Waals surface area contributed by atoms with E-state index >= 15 is 0 Å². The Labute approximate surface area is 237 Å². The molecule has 4 heteroatoms. The van der Waals surface area contributed by atoms with E-state index in [0.29, 0.717) is 5.84 Å². The summed E-state index contributed by atoms with van der Waals surface area (Å²) in [7, 11) is 0. The molecule has 41 heavy (non-hydrogen) atoms. The van der Waals surface area contributed by atoms with Gasteiger partial charge in [-0.3, -0.25) is 4.57 Å². The number of rotatable bonds is 3. The van der Waals surface area contributed by atoms with Crippen molar-refractivity contribution in [3.8, 4) is 0 Å². The van der Waals surface area contributed by atoms with E-state index < -0.39 is 0 Å². The fourth-order valence-electron chi connectivity index (χ4n) is 6.14. The van der Waals surface area contributed by atoms with Crippen LogP contribution in [0.1, 0.15) is 24.5 Å². The second-order valence-corrected chi connectivity index (χ2v) is 10.5. The van der Waals surface area contributed by atoms with Gasteiger partial charge in [0, 0.05) is 27.6 Å². The molecule has 0 bridgehead atoms. The number of amidine groups is 1. The third kappa shape index (κ3) is 3.75.